The van der Waals surface area contributed by atoms with Gasteiger partial charge in [0.1, 0.15) is 5.82 Å². The number of sulfonamides is 1. The Morgan fingerprint density at radius 3 is 2.61 bits per heavy atom. The van der Waals surface area contributed by atoms with Gasteiger partial charge in [-0.05, 0) is 43.2 Å². The van der Waals surface area contributed by atoms with E-state index in [1.165, 1.54) is 6.20 Å². The van der Waals surface area contributed by atoms with Crippen LogP contribution in [0.4, 0.5) is 11.5 Å². The number of nitrogens with one attached hydrogen (secondary N) is 2. The zero-order valence-electron chi connectivity index (χ0n) is 13.5. The highest BCUT2D eigenvalue weighted by Crippen LogP contribution is 2.20. The molecule has 0 saturated heterocycles. The monoisotopic (exact) mass is 335 g/mol. The van der Waals surface area contributed by atoms with Gasteiger partial charge < -0.3 is 10.1 Å². The molecule has 0 aliphatic rings. The molecule has 0 fully saturated rings. The summed E-state index contributed by atoms with van der Waals surface area (Å²) >= 11 is 0. The van der Waals surface area contributed by atoms with E-state index < -0.39 is 10.0 Å². The summed E-state index contributed by atoms with van der Waals surface area (Å²) < 4.78 is 32.5. The molecule has 23 heavy (non-hydrogen) atoms. The van der Waals surface area contributed by atoms with Gasteiger partial charge in [0.15, 0.2) is 0 Å². The molecule has 7 heteroatoms. The van der Waals surface area contributed by atoms with Crippen LogP contribution in [0.15, 0.2) is 41.4 Å². The van der Waals surface area contributed by atoms with E-state index in [9.17, 15) is 8.42 Å². The van der Waals surface area contributed by atoms with E-state index in [4.69, 9.17) is 4.74 Å². The van der Waals surface area contributed by atoms with Crippen LogP contribution >= 0.6 is 0 Å². The number of nitrogens with zero attached hydrogens (tertiary/aromatic N) is 1. The molecule has 124 valence electrons. The van der Waals surface area contributed by atoms with Crippen molar-refractivity contribution in [1.29, 1.82) is 0 Å². The molecule has 1 aromatic carbocycles. The molecule has 1 aromatic heterocycles. The Hall–Kier alpha value is -2.12. The van der Waals surface area contributed by atoms with E-state index >= 15 is 0 Å². The lowest BCUT2D eigenvalue weighted by Gasteiger charge is -2.11. The molecule has 0 unspecified atom stereocenters. The smallest absolute Gasteiger partial charge is 0.262 e. The van der Waals surface area contributed by atoms with E-state index in [0.29, 0.717) is 30.2 Å². The first-order valence-corrected chi connectivity index (χ1v) is 8.69. The lowest BCUT2D eigenvalue weighted by molar-refractivity contribution is 0.210. The molecule has 0 atom stereocenters. The Balaban J connectivity index is 2.13. The van der Waals surface area contributed by atoms with Gasteiger partial charge in [0.05, 0.1) is 23.4 Å². The fourth-order valence-corrected chi connectivity index (χ4v) is 3.42. The third-order valence-electron chi connectivity index (χ3n) is 3.26. The van der Waals surface area contributed by atoms with Gasteiger partial charge in [-0.2, -0.15) is 0 Å². The lowest BCUT2D eigenvalue weighted by atomic mass is 10.2. The van der Waals surface area contributed by atoms with Gasteiger partial charge in [-0.1, -0.05) is 12.1 Å². The number of ether oxygens (including phenoxy) is 1. The summed E-state index contributed by atoms with van der Waals surface area (Å²) in [5.41, 5.74) is 2.02. The number of rotatable bonds is 7. The fraction of sp³-hybridized carbons (Fsp3) is 0.312. The van der Waals surface area contributed by atoms with Crippen molar-refractivity contribution in [3.63, 3.8) is 0 Å². The molecule has 0 spiro atoms. The average Bonchev–Trinajstić information content (AvgIpc) is 2.51. The number of anilines is 2. The number of hydrogen-bond donors (Lipinski definition) is 2. The van der Waals surface area contributed by atoms with Gasteiger partial charge >= 0.3 is 0 Å². The lowest BCUT2D eigenvalue weighted by Crippen LogP contribution is -2.15. The predicted octanol–water partition coefficient (Wildman–Crippen LogP) is 2.56. The number of hydrogen-bond acceptors (Lipinski definition) is 5. The molecule has 0 bridgehead atoms. The van der Waals surface area contributed by atoms with Crippen LogP contribution in [0.2, 0.25) is 0 Å². The molecule has 0 aliphatic heterocycles. The maximum Gasteiger partial charge on any atom is 0.262 e. The van der Waals surface area contributed by atoms with Crippen LogP contribution < -0.4 is 10.0 Å². The van der Waals surface area contributed by atoms with Crippen molar-refractivity contribution in [2.75, 3.05) is 30.3 Å². The molecule has 0 saturated carbocycles. The number of pyridine rings is 1. The van der Waals surface area contributed by atoms with Crippen molar-refractivity contribution < 1.29 is 13.2 Å². The van der Waals surface area contributed by atoms with E-state index in [1.54, 1.807) is 38.3 Å². The van der Waals surface area contributed by atoms with Crippen molar-refractivity contribution in [1.82, 2.24) is 4.98 Å². The molecule has 0 amide bonds. The standard InChI is InChI=1S/C16H21N3O3S/c1-12-4-5-13(2)15(10-12)23(20,21)19-14-6-7-16(18-11-14)17-8-9-22-3/h4-7,10-11,19H,8-9H2,1-3H3,(H,17,18). The number of methoxy groups -OCH3 is 1. The van der Waals surface area contributed by atoms with Crippen molar-refractivity contribution >= 4 is 21.5 Å². The van der Waals surface area contributed by atoms with Crippen LogP contribution in [-0.2, 0) is 14.8 Å². The first-order valence-electron chi connectivity index (χ1n) is 7.21. The zero-order chi connectivity index (χ0) is 16.9. The number of benzene rings is 1. The highest BCUT2D eigenvalue weighted by Gasteiger charge is 2.17. The summed E-state index contributed by atoms with van der Waals surface area (Å²) in [6, 6.07) is 8.73. The van der Waals surface area contributed by atoms with E-state index in [2.05, 4.69) is 15.0 Å². The van der Waals surface area contributed by atoms with Crippen molar-refractivity contribution in [2.24, 2.45) is 0 Å². The fourth-order valence-electron chi connectivity index (χ4n) is 2.05. The van der Waals surface area contributed by atoms with Crippen LogP contribution in [0, 0.1) is 13.8 Å². The molecule has 0 aliphatic carbocycles. The summed E-state index contributed by atoms with van der Waals surface area (Å²) in [6.07, 6.45) is 1.48. The summed E-state index contributed by atoms with van der Waals surface area (Å²) in [5, 5.41) is 3.07. The SMILES string of the molecule is COCCNc1ccc(NS(=O)(=O)c2cc(C)ccc2C)cn1. The molecule has 2 rings (SSSR count). The third-order valence-corrected chi connectivity index (χ3v) is 4.78. The zero-order valence-corrected chi connectivity index (χ0v) is 14.3. The second-order valence-corrected chi connectivity index (χ2v) is 6.88. The summed E-state index contributed by atoms with van der Waals surface area (Å²) in [5.74, 6) is 0.664. The first kappa shape index (κ1) is 17.2. The summed E-state index contributed by atoms with van der Waals surface area (Å²) in [6.45, 7) is 4.84. The summed E-state index contributed by atoms with van der Waals surface area (Å²) in [7, 11) is -2.01. The van der Waals surface area contributed by atoms with Gasteiger partial charge in [0.2, 0.25) is 0 Å². The van der Waals surface area contributed by atoms with Crippen LogP contribution in [0.5, 0.6) is 0 Å². The maximum absolute atomic E-state index is 12.5. The van der Waals surface area contributed by atoms with Gasteiger partial charge in [-0.15, -0.1) is 0 Å². The highest BCUT2D eigenvalue weighted by molar-refractivity contribution is 7.92. The van der Waals surface area contributed by atoms with Gasteiger partial charge in [0.25, 0.3) is 10.0 Å². The highest BCUT2D eigenvalue weighted by atomic mass is 32.2. The van der Waals surface area contributed by atoms with Crippen molar-refractivity contribution in [3.05, 3.63) is 47.7 Å². The predicted molar refractivity (Wildman–Crippen MR) is 91.3 cm³/mol. The molecule has 0 radical (unpaired) electrons. The molecule has 1 heterocycles. The van der Waals surface area contributed by atoms with E-state index in [1.807, 2.05) is 13.0 Å². The van der Waals surface area contributed by atoms with E-state index in [-0.39, 0.29) is 4.90 Å². The quantitative estimate of drug-likeness (QED) is 0.760. The number of aryl methyl sites for hydroxylation is 2. The van der Waals surface area contributed by atoms with Crippen LogP contribution in [0.3, 0.4) is 0 Å². The minimum atomic E-state index is -3.63. The molecule has 2 N–H and O–H groups in total. The van der Waals surface area contributed by atoms with E-state index in [0.717, 1.165) is 5.56 Å². The normalized spacial score (nSPS) is 11.3. The molecule has 6 nitrogen and oxygen atoms in total. The van der Waals surface area contributed by atoms with Gasteiger partial charge in [0, 0.05) is 13.7 Å². The Bertz CT molecular complexity index is 759. The van der Waals surface area contributed by atoms with Crippen LogP contribution in [-0.4, -0.2) is 33.7 Å². The van der Waals surface area contributed by atoms with Gasteiger partial charge in [-0.25, -0.2) is 13.4 Å². The number of aromatic nitrogens is 1. The maximum atomic E-state index is 12.5. The minimum Gasteiger partial charge on any atom is -0.383 e. The van der Waals surface area contributed by atoms with Crippen molar-refractivity contribution in [3.8, 4) is 0 Å². The average molecular weight is 335 g/mol. The first-order chi connectivity index (χ1) is 10.9. The topological polar surface area (TPSA) is 80.3 Å². The second-order valence-electron chi connectivity index (χ2n) is 5.23. The second kappa shape index (κ2) is 7.43. The molecule has 2 aromatic rings. The van der Waals surface area contributed by atoms with Crippen LogP contribution in [0.1, 0.15) is 11.1 Å². The Labute approximate surface area is 137 Å². The third kappa shape index (κ3) is 4.67. The Kier molecular flexibility index (Phi) is 5.57. The van der Waals surface area contributed by atoms with Gasteiger partial charge in [-0.3, -0.25) is 4.72 Å². The van der Waals surface area contributed by atoms with Crippen molar-refractivity contribution in [2.45, 2.75) is 18.7 Å². The largest absolute Gasteiger partial charge is 0.383 e. The summed E-state index contributed by atoms with van der Waals surface area (Å²) in [4.78, 5) is 4.45. The van der Waals surface area contributed by atoms with Crippen LogP contribution in [0.25, 0.3) is 0 Å². The minimum absolute atomic E-state index is 0.278. The Morgan fingerprint density at radius 2 is 1.96 bits per heavy atom. The molecular formula is C16H21N3O3S. The molecular weight excluding hydrogens is 314 g/mol. The Morgan fingerprint density at radius 1 is 1.17 bits per heavy atom.